The van der Waals surface area contributed by atoms with E-state index in [0.29, 0.717) is 10.6 Å². The lowest BCUT2D eigenvalue weighted by Crippen LogP contribution is -2.31. The van der Waals surface area contributed by atoms with Crippen molar-refractivity contribution in [1.82, 2.24) is 5.32 Å². The van der Waals surface area contributed by atoms with Crippen LogP contribution in [0.3, 0.4) is 0 Å². The molecule has 1 amide bonds. The maximum atomic E-state index is 13.3. The summed E-state index contributed by atoms with van der Waals surface area (Å²) in [5.41, 5.74) is 2.60. The van der Waals surface area contributed by atoms with E-state index in [1.807, 2.05) is 17.5 Å². The molecule has 4 nitrogen and oxygen atoms in total. The van der Waals surface area contributed by atoms with Gasteiger partial charge in [0, 0.05) is 9.75 Å². The number of nitrogens with zero attached hydrogens (tertiary/aromatic N) is 1. The Kier molecular flexibility index (Phi) is 5.53. The summed E-state index contributed by atoms with van der Waals surface area (Å²) in [6, 6.07) is 12.3. The zero-order chi connectivity index (χ0) is 19.5. The fourth-order valence-electron chi connectivity index (χ4n) is 3.47. The monoisotopic (exact) mass is 411 g/mol. The first-order valence-electron chi connectivity index (χ1n) is 9.02. The van der Waals surface area contributed by atoms with Gasteiger partial charge in [-0.15, -0.1) is 22.7 Å². The number of aryl methyl sites for hydroxylation is 1. The smallest absolute Gasteiger partial charge is 0.238 e. The number of fused-ring (bicyclic) bond motifs is 1. The van der Waals surface area contributed by atoms with E-state index in [1.165, 1.54) is 28.3 Å². The number of hydrogen-bond donors (Lipinski definition) is 2. The molecular weight excluding hydrogens is 393 g/mol. The first-order chi connectivity index (χ1) is 13.7. The lowest BCUT2D eigenvalue weighted by Gasteiger charge is -2.18. The van der Waals surface area contributed by atoms with E-state index < -0.39 is 0 Å². The van der Waals surface area contributed by atoms with Crippen molar-refractivity contribution in [1.29, 1.82) is 5.26 Å². The van der Waals surface area contributed by atoms with Gasteiger partial charge < -0.3 is 5.32 Å². The highest BCUT2D eigenvalue weighted by atomic mass is 32.1. The molecule has 0 bridgehead atoms. The average Bonchev–Trinajstić information content (AvgIpc) is 3.41. The van der Waals surface area contributed by atoms with Crippen molar-refractivity contribution in [3.8, 4) is 6.07 Å². The molecule has 2 N–H and O–H groups in total. The topological polar surface area (TPSA) is 64.9 Å². The largest absolute Gasteiger partial charge is 0.315 e. The molecule has 142 valence electrons. The maximum Gasteiger partial charge on any atom is 0.238 e. The molecule has 2 heterocycles. The maximum absolute atomic E-state index is 13.3. The number of nitrogens with one attached hydrogen (secondary N) is 2. The van der Waals surface area contributed by atoms with E-state index in [0.717, 1.165) is 35.3 Å². The molecule has 28 heavy (non-hydrogen) atoms. The highest BCUT2D eigenvalue weighted by Gasteiger charge is 2.23. The van der Waals surface area contributed by atoms with Crippen LogP contribution in [0.4, 0.5) is 9.39 Å². The second-order valence-electron chi connectivity index (χ2n) is 6.60. The van der Waals surface area contributed by atoms with Crippen LogP contribution in [0.15, 0.2) is 41.8 Å². The molecule has 1 aliphatic carbocycles. The Morgan fingerprint density at radius 3 is 2.79 bits per heavy atom. The van der Waals surface area contributed by atoms with Crippen LogP contribution in [0, 0.1) is 17.1 Å². The van der Waals surface area contributed by atoms with Gasteiger partial charge in [-0.05, 0) is 54.0 Å². The third-order valence-electron chi connectivity index (χ3n) is 4.78. The van der Waals surface area contributed by atoms with Crippen LogP contribution in [0.2, 0.25) is 0 Å². The summed E-state index contributed by atoms with van der Waals surface area (Å²) in [5.74, 6) is -0.485. The molecule has 0 spiro atoms. The summed E-state index contributed by atoms with van der Waals surface area (Å²) in [5, 5.41) is 18.2. The van der Waals surface area contributed by atoms with Gasteiger partial charge in [0.05, 0.1) is 18.2 Å². The molecule has 0 radical (unpaired) electrons. The molecule has 0 aliphatic heterocycles. The minimum absolute atomic E-state index is 0.0907. The van der Waals surface area contributed by atoms with Crippen LogP contribution in [0.25, 0.3) is 0 Å². The van der Waals surface area contributed by atoms with Gasteiger partial charge >= 0.3 is 0 Å². The Labute approximate surface area is 170 Å². The number of amides is 1. The Bertz CT molecular complexity index is 1020. The van der Waals surface area contributed by atoms with Crippen LogP contribution in [-0.2, 0) is 17.6 Å². The van der Waals surface area contributed by atoms with Crippen LogP contribution in [-0.4, -0.2) is 12.5 Å². The number of carbonyl (C=O) groups excluding carboxylic acids is 1. The highest BCUT2D eigenvalue weighted by Crippen LogP contribution is 2.38. The van der Waals surface area contributed by atoms with Crippen molar-refractivity contribution < 1.29 is 9.18 Å². The van der Waals surface area contributed by atoms with Crippen molar-refractivity contribution in [2.45, 2.75) is 25.3 Å². The molecule has 1 aliphatic rings. The van der Waals surface area contributed by atoms with Gasteiger partial charge in [-0.1, -0.05) is 18.2 Å². The number of rotatable bonds is 6. The van der Waals surface area contributed by atoms with Gasteiger partial charge in [0.1, 0.15) is 16.9 Å². The van der Waals surface area contributed by atoms with Crippen LogP contribution in [0.5, 0.6) is 0 Å². The summed E-state index contributed by atoms with van der Waals surface area (Å²) in [6.45, 7) is 0.0907. The van der Waals surface area contributed by atoms with E-state index in [2.05, 4.69) is 16.7 Å². The van der Waals surface area contributed by atoms with Crippen molar-refractivity contribution in [3.05, 3.63) is 74.0 Å². The number of halogens is 1. The third kappa shape index (κ3) is 3.85. The zero-order valence-electron chi connectivity index (χ0n) is 15.0. The molecule has 0 unspecified atom stereocenters. The van der Waals surface area contributed by atoms with E-state index in [4.69, 9.17) is 0 Å². The predicted molar refractivity (Wildman–Crippen MR) is 110 cm³/mol. The van der Waals surface area contributed by atoms with Crippen LogP contribution < -0.4 is 10.6 Å². The van der Waals surface area contributed by atoms with Gasteiger partial charge in [0.2, 0.25) is 5.91 Å². The average molecular weight is 412 g/mol. The van der Waals surface area contributed by atoms with Crippen molar-refractivity contribution >= 4 is 33.6 Å². The van der Waals surface area contributed by atoms with Gasteiger partial charge in [-0.3, -0.25) is 10.1 Å². The first-order valence-corrected chi connectivity index (χ1v) is 10.7. The lowest BCUT2D eigenvalue weighted by molar-refractivity contribution is -0.115. The molecule has 2 aromatic heterocycles. The zero-order valence-corrected chi connectivity index (χ0v) is 16.6. The second-order valence-corrected chi connectivity index (χ2v) is 8.69. The van der Waals surface area contributed by atoms with Gasteiger partial charge in [-0.2, -0.15) is 5.26 Å². The van der Waals surface area contributed by atoms with E-state index in [9.17, 15) is 14.4 Å². The van der Waals surface area contributed by atoms with E-state index in [1.54, 1.807) is 23.5 Å². The van der Waals surface area contributed by atoms with E-state index in [-0.39, 0.29) is 24.3 Å². The lowest BCUT2D eigenvalue weighted by atomic mass is 10.1. The molecular formula is C21H18FN3OS2. The van der Waals surface area contributed by atoms with Crippen LogP contribution in [0.1, 0.15) is 38.9 Å². The number of carbonyl (C=O) groups is 1. The van der Waals surface area contributed by atoms with Crippen molar-refractivity contribution in [2.24, 2.45) is 0 Å². The minimum atomic E-state index is -0.291. The molecule has 4 rings (SSSR count). The van der Waals surface area contributed by atoms with Gasteiger partial charge in [-0.25, -0.2) is 4.39 Å². The quantitative estimate of drug-likeness (QED) is 0.622. The fraction of sp³-hybridized carbons (Fsp3) is 0.238. The Balaban J connectivity index is 1.47. The molecule has 1 aromatic carbocycles. The molecule has 0 saturated heterocycles. The fourth-order valence-corrected chi connectivity index (χ4v) is 5.55. The third-order valence-corrected chi connectivity index (χ3v) is 6.93. The summed E-state index contributed by atoms with van der Waals surface area (Å²) in [4.78, 5) is 14.8. The molecule has 3 aromatic rings. The Hall–Kier alpha value is -2.53. The summed E-state index contributed by atoms with van der Waals surface area (Å²) < 4.78 is 13.3. The summed E-state index contributed by atoms with van der Waals surface area (Å²) >= 11 is 3.09. The number of anilines is 1. The van der Waals surface area contributed by atoms with E-state index >= 15 is 0 Å². The molecule has 0 saturated carbocycles. The standard InChI is InChI=1S/C21H18FN3OS2/c22-14-8-6-13(7-9-14)20(18-5-2-10-27-18)24-12-19(26)25-21-16(11-23)15-3-1-4-17(15)28-21/h2,5-10,20,24H,1,3-4,12H2,(H,25,26)/t20-/m0/s1. The predicted octanol–water partition coefficient (Wildman–Crippen LogP) is 4.63. The Morgan fingerprint density at radius 2 is 2.07 bits per heavy atom. The first kappa shape index (κ1) is 18.8. The number of thiophene rings is 2. The van der Waals surface area contributed by atoms with Crippen LogP contribution >= 0.6 is 22.7 Å². The normalized spacial score (nSPS) is 13.7. The number of hydrogen-bond acceptors (Lipinski definition) is 5. The van der Waals surface area contributed by atoms with Gasteiger partial charge in [0.15, 0.2) is 0 Å². The molecule has 0 fully saturated rings. The van der Waals surface area contributed by atoms with Crippen molar-refractivity contribution in [2.75, 3.05) is 11.9 Å². The molecule has 7 heteroatoms. The number of nitriles is 1. The minimum Gasteiger partial charge on any atom is -0.315 e. The Morgan fingerprint density at radius 1 is 1.25 bits per heavy atom. The molecule has 1 atom stereocenters. The van der Waals surface area contributed by atoms with Crippen molar-refractivity contribution in [3.63, 3.8) is 0 Å². The summed E-state index contributed by atoms with van der Waals surface area (Å²) in [7, 11) is 0. The second kappa shape index (κ2) is 8.23. The SMILES string of the molecule is N#Cc1c(NC(=O)CN[C@@H](c2ccc(F)cc2)c2cccs2)sc2c1CCC2. The van der Waals surface area contributed by atoms with Gasteiger partial charge in [0.25, 0.3) is 0 Å². The number of benzene rings is 1. The highest BCUT2D eigenvalue weighted by molar-refractivity contribution is 7.16. The summed E-state index contributed by atoms with van der Waals surface area (Å²) in [6.07, 6.45) is 2.97.